The van der Waals surface area contributed by atoms with Crippen LogP contribution >= 0.6 is 0 Å². The summed E-state index contributed by atoms with van der Waals surface area (Å²) in [7, 11) is 3.29. The number of likely N-dealkylation sites (N-methyl/N-ethyl adjacent to an activating group) is 2. The summed E-state index contributed by atoms with van der Waals surface area (Å²) in [5.41, 5.74) is 0. The van der Waals surface area contributed by atoms with Gasteiger partial charge >= 0.3 is 11.8 Å². The van der Waals surface area contributed by atoms with Gasteiger partial charge in [0.1, 0.15) is 0 Å². The molecule has 4 heteroatoms. The summed E-state index contributed by atoms with van der Waals surface area (Å²) in [6.07, 6.45) is 0.862. The number of carbonyl (C=O) groups is 2. The molecule has 0 rings (SSSR count). The van der Waals surface area contributed by atoms with Gasteiger partial charge < -0.3 is 9.80 Å². The lowest BCUT2D eigenvalue weighted by Gasteiger charge is -2.23. The number of carbonyl (C=O) groups excluding carboxylic acids is 2. The lowest BCUT2D eigenvalue weighted by Crippen LogP contribution is -2.44. The average molecular weight is 200 g/mol. The number of nitrogens with zero attached hydrogens (tertiary/aromatic N) is 2. The van der Waals surface area contributed by atoms with Crippen LogP contribution in [0.1, 0.15) is 27.2 Å². The van der Waals surface area contributed by atoms with Crippen molar-refractivity contribution in [3.05, 3.63) is 0 Å². The molecule has 0 bridgehead atoms. The fourth-order valence-corrected chi connectivity index (χ4v) is 0.986. The van der Waals surface area contributed by atoms with Crippen LogP contribution in [0, 0.1) is 0 Å². The van der Waals surface area contributed by atoms with Crippen molar-refractivity contribution in [2.45, 2.75) is 33.2 Å². The molecule has 0 radical (unpaired) electrons. The van der Waals surface area contributed by atoms with E-state index in [-0.39, 0.29) is 6.04 Å². The Morgan fingerprint density at radius 3 is 2.00 bits per heavy atom. The molecule has 0 aromatic carbocycles. The molecule has 0 aromatic heterocycles. The molecule has 82 valence electrons. The molecule has 4 nitrogen and oxygen atoms in total. The summed E-state index contributed by atoms with van der Waals surface area (Å²) in [5, 5.41) is 0. The molecular weight excluding hydrogens is 180 g/mol. The summed E-state index contributed by atoms with van der Waals surface area (Å²) in [6, 6.07) is 0.0569. The Morgan fingerprint density at radius 2 is 1.64 bits per heavy atom. The largest absolute Gasteiger partial charge is 0.338 e. The summed E-state index contributed by atoms with van der Waals surface area (Å²) in [4.78, 5) is 26.0. The second kappa shape index (κ2) is 5.62. The fraction of sp³-hybridized carbons (Fsp3) is 0.800. The number of rotatable bonds is 3. The lowest BCUT2D eigenvalue weighted by molar-refractivity contribution is -0.151. The molecule has 0 heterocycles. The van der Waals surface area contributed by atoms with Crippen LogP contribution in [-0.2, 0) is 9.59 Å². The smallest absolute Gasteiger partial charge is 0.312 e. The topological polar surface area (TPSA) is 40.6 Å². The average Bonchev–Trinajstić information content (AvgIpc) is 2.14. The van der Waals surface area contributed by atoms with Gasteiger partial charge in [-0.25, -0.2) is 0 Å². The first-order valence-electron chi connectivity index (χ1n) is 4.94. The molecular formula is C10H20N2O2. The van der Waals surface area contributed by atoms with Crippen LogP contribution in [0.3, 0.4) is 0 Å². The summed E-state index contributed by atoms with van der Waals surface area (Å²) in [6.45, 7) is 6.35. The van der Waals surface area contributed by atoms with Gasteiger partial charge in [0, 0.05) is 26.7 Å². The third kappa shape index (κ3) is 3.36. The third-order valence-corrected chi connectivity index (χ3v) is 2.18. The first kappa shape index (κ1) is 12.9. The van der Waals surface area contributed by atoms with Gasteiger partial charge in [-0.3, -0.25) is 9.59 Å². The zero-order valence-electron chi connectivity index (χ0n) is 9.70. The van der Waals surface area contributed by atoms with Crippen molar-refractivity contribution in [2.24, 2.45) is 0 Å². The van der Waals surface area contributed by atoms with Crippen LogP contribution in [0.5, 0.6) is 0 Å². The predicted octanol–water partition coefficient (Wildman–Crippen LogP) is 0.722. The maximum Gasteiger partial charge on any atom is 0.312 e. The van der Waals surface area contributed by atoms with Crippen molar-refractivity contribution in [3.63, 3.8) is 0 Å². The zero-order valence-corrected chi connectivity index (χ0v) is 9.70. The third-order valence-electron chi connectivity index (χ3n) is 2.18. The normalized spacial score (nSPS) is 10.1. The molecule has 0 saturated carbocycles. The standard InChI is InChI=1S/C10H20N2O2/c1-6-7-11(4)9(13)10(14)12(5)8(2)3/h8H,6-7H2,1-5H3. The lowest BCUT2D eigenvalue weighted by atomic mass is 10.3. The minimum atomic E-state index is -0.434. The predicted molar refractivity (Wildman–Crippen MR) is 55.8 cm³/mol. The molecule has 0 aromatic rings. The minimum Gasteiger partial charge on any atom is -0.338 e. The highest BCUT2D eigenvalue weighted by molar-refractivity contribution is 6.34. The Balaban J connectivity index is 4.32. The SMILES string of the molecule is CCCN(C)C(=O)C(=O)N(C)C(C)C. The van der Waals surface area contributed by atoms with Crippen LogP contribution < -0.4 is 0 Å². The highest BCUT2D eigenvalue weighted by atomic mass is 16.2. The van der Waals surface area contributed by atoms with Crippen molar-refractivity contribution in [3.8, 4) is 0 Å². The highest BCUT2D eigenvalue weighted by Gasteiger charge is 2.23. The molecule has 0 fully saturated rings. The molecule has 14 heavy (non-hydrogen) atoms. The monoisotopic (exact) mass is 200 g/mol. The van der Waals surface area contributed by atoms with Gasteiger partial charge in [-0.05, 0) is 20.3 Å². The van der Waals surface area contributed by atoms with Crippen molar-refractivity contribution in [2.75, 3.05) is 20.6 Å². The summed E-state index contributed by atoms with van der Waals surface area (Å²) >= 11 is 0. The van der Waals surface area contributed by atoms with Crippen molar-refractivity contribution >= 4 is 11.8 Å². The Labute approximate surface area is 85.9 Å². The van der Waals surface area contributed by atoms with Crippen molar-refractivity contribution in [1.82, 2.24) is 9.80 Å². The van der Waals surface area contributed by atoms with Gasteiger partial charge in [0.25, 0.3) is 0 Å². The zero-order chi connectivity index (χ0) is 11.3. The van der Waals surface area contributed by atoms with E-state index in [4.69, 9.17) is 0 Å². The number of amides is 2. The fourth-order valence-electron chi connectivity index (χ4n) is 0.986. The molecule has 0 aliphatic rings. The van der Waals surface area contributed by atoms with Crippen molar-refractivity contribution in [1.29, 1.82) is 0 Å². The Bertz CT molecular complexity index is 214. The van der Waals surface area contributed by atoms with Crippen LogP contribution in [0.25, 0.3) is 0 Å². The molecule has 0 spiro atoms. The van der Waals surface area contributed by atoms with E-state index in [0.717, 1.165) is 6.42 Å². The molecule has 0 aliphatic heterocycles. The van der Waals surface area contributed by atoms with Gasteiger partial charge in [0.2, 0.25) is 0 Å². The molecule has 2 amide bonds. The Morgan fingerprint density at radius 1 is 1.14 bits per heavy atom. The molecule has 0 saturated heterocycles. The van der Waals surface area contributed by atoms with Crippen LogP contribution in [0.4, 0.5) is 0 Å². The quantitative estimate of drug-likeness (QED) is 0.630. The maximum absolute atomic E-state index is 11.5. The van der Waals surface area contributed by atoms with E-state index in [1.165, 1.54) is 9.80 Å². The van der Waals surface area contributed by atoms with E-state index in [0.29, 0.717) is 6.54 Å². The summed E-state index contributed by atoms with van der Waals surface area (Å²) < 4.78 is 0. The first-order chi connectivity index (χ1) is 6.41. The molecule has 0 aliphatic carbocycles. The van der Waals surface area contributed by atoms with Crippen LogP contribution in [-0.4, -0.2) is 48.3 Å². The minimum absolute atomic E-state index is 0.0569. The highest BCUT2D eigenvalue weighted by Crippen LogP contribution is 1.98. The second-order valence-electron chi connectivity index (χ2n) is 3.74. The van der Waals surface area contributed by atoms with E-state index in [9.17, 15) is 9.59 Å². The molecule has 0 unspecified atom stereocenters. The van der Waals surface area contributed by atoms with Gasteiger partial charge in [0.15, 0.2) is 0 Å². The van der Waals surface area contributed by atoms with E-state index in [2.05, 4.69) is 0 Å². The second-order valence-corrected chi connectivity index (χ2v) is 3.74. The van der Waals surface area contributed by atoms with Crippen molar-refractivity contribution < 1.29 is 9.59 Å². The first-order valence-corrected chi connectivity index (χ1v) is 4.94. The van der Waals surface area contributed by atoms with Crippen LogP contribution in [0.2, 0.25) is 0 Å². The number of hydrogen-bond donors (Lipinski definition) is 0. The van der Waals surface area contributed by atoms with Gasteiger partial charge in [-0.15, -0.1) is 0 Å². The molecule has 0 N–H and O–H groups in total. The molecule has 0 atom stereocenters. The van der Waals surface area contributed by atoms with Gasteiger partial charge in [-0.2, -0.15) is 0 Å². The van der Waals surface area contributed by atoms with E-state index in [1.807, 2.05) is 20.8 Å². The summed E-state index contributed by atoms with van der Waals surface area (Å²) in [5.74, 6) is -0.862. The Kier molecular flexibility index (Phi) is 5.20. The van der Waals surface area contributed by atoms with E-state index in [1.54, 1.807) is 14.1 Å². The number of hydrogen-bond acceptors (Lipinski definition) is 2. The van der Waals surface area contributed by atoms with E-state index < -0.39 is 11.8 Å². The Hall–Kier alpha value is -1.06. The van der Waals surface area contributed by atoms with Crippen LogP contribution in [0.15, 0.2) is 0 Å². The van der Waals surface area contributed by atoms with Gasteiger partial charge in [0.05, 0.1) is 0 Å². The van der Waals surface area contributed by atoms with E-state index >= 15 is 0 Å². The van der Waals surface area contributed by atoms with Gasteiger partial charge in [-0.1, -0.05) is 6.92 Å². The maximum atomic E-state index is 11.5.